The lowest BCUT2D eigenvalue weighted by atomic mass is 9.89. The summed E-state index contributed by atoms with van der Waals surface area (Å²) >= 11 is 0. The highest BCUT2D eigenvalue weighted by Gasteiger charge is 2.34. The van der Waals surface area contributed by atoms with E-state index in [1.54, 1.807) is 6.07 Å². The number of carbonyl (C=O) groups excluding carboxylic acids is 1. The van der Waals surface area contributed by atoms with Gasteiger partial charge in [-0.1, -0.05) is 48.0 Å². The van der Waals surface area contributed by atoms with Crippen molar-refractivity contribution in [3.8, 4) is 0 Å². The summed E-state index contributed by atoms with van der Waals surface area (Å²) in [6, 6.07) is 13.8. The number of alkyl halides is 3. The van der Waals surface area contributed by atoms with Gasteiger partial charge >= 0.3 is 6.18 Å². The molecule has 36 heavy (non-hydrogen) atoms. The molecule has 1 saturated heterocycles. The number of nitrogens with two attached hydrogens (primary N) is 1. The van der Waals surface area contributed by atoms with Crippen LogP contribution in [0.25, 0.3) is 0 Å². The fourth-order valence-electron chi connectivity index (χ4n) is 4.82. The Morgan fingerprint density at radius 3 is 2.44 bits per heavy atom. The van der Waals surface area contributed by atoms with Gasteiger partial charge in [0.25, 0.3) is 0 Å². The van der Waals surface area contributed by atoms with Gasteiger partial charge in [0.2, 0.25) is 5.91 Å². The predicted molar refractivity (Wildman–Crippen MR) is 133 cm³/mol. The average Bonchev–Trinajstić information content (AvgIpc) is 2.84. The van der Waals surface area contributed by atoms with Crippen molar-refractivity contribution in [3.05, 3.63) is 93.6 Å². The van der Waals surface area contributed by atoms with E-state index in [1.165, 1.54) is 5.56 Å². The SMILES string of the molecule is Cc1ccc(CC(N)=O)c(CCc2nc(Cc3ccc(C4CCNCC4)cc3)ncc2C(F)(F)F)c1. The molecule has 2 aromatic carbocycles. The molecule has 1 aliphatic rings. The summed E-state index contributed by atoms with van der Waals surface area (Å²) in [5, 5.41) is 3.37. The topological polar surface area (TPSA) is 80.9 Å². The van der Waals surface area contributed by atoms with Crippen molar-refractivity contribution in [1.82, 2.24) is 15.3 Å². The molecule has 0 radical (unpaired) electrons. The summed E-state index contributed by atoms with van der Waals surface area (Å²) in [7, 11) is 0. The zero-order valence-electron chi connectivity index (χ0n) is 20.4. The molecular formula is C28H31F3N4O. The quantitative estimate of drug-likeness (QED) is 0.475. The first-order valence-corrected chi connectivity index (χ1v) is 12.3. The normalized spacial score (nSPS) is 14.7. The van der Waals surface area contributed by atoms with Gasteiger partial charge in [0.1, 0.15) is 5.82 Å². The monoisotopic (exact) mass is 496 g/mol. The van der Waals surface area contributed by atoms with Gasteiger partial charge in [-0.25, -0.2) is 9.97 Å². The maximum Gasteiger partial charge on any atom is 0.419 e. The number of nitrogens with zero attached hydrogens (tertiary/aromatic N) is 2. The van der Waals surface area contributed by atoms with Gasteiger partial charge in [-0.05, 0) is 73.9 Å². The Hall–Kier alpha value is -3.26. The van der Waals surface area contributed by atoms with Gasteiger partial charge in [0.05, 0.1) is 17.7 Å². The van der Waals surface area contributed by atoms with E-state index in [1.807, 2.05) is 31.2 Å². The van der Waals surface area contributed by atoms with Crippen LogP contribution in [0.3, 0.4) is 0 Å². The molecule has 0 aliphatic carbocycles. The van der Waals surface area contributed by atoms with Crippen LogP contribution < -0.4 is 11.1 Å². The van der Waals surface area contributed by atoms with Crippen LogP contribution in [0.2, 0.25) is 0 Å². The summed E-state index contributed by atoms with van der Waals surface area (Å²) in [5.41, 5.74) is 9.24. The van der Waals surface area contributed by atoms with Crippen LogP contribution in [0, 0.1) is 6.92 Å². The summed E-state index contributed by atoms with van der Waals surface area (Å²) in [6.07, 6.45) is -0.656. The number of piperidine rings is 1. The van der Waals surface area contributed by atoms with Crippen molar-refractivity contribution >= 4 is 5.91 Å². The van der Waals surface area contributed by atoms with Crippen LogP contribution in [-0.2, 0) is 36.7 Å². The van der Waals surface area contributed by atoms with E-state index in [-0.39, 0.29) is 18.5 Å². The number of hydrogen-bond acceptors (Lipinski definition) is 4. The minimum absolute atomic E-state index is 0.0367. The Balaban J connectivity index is 1.53. The molecule has 1 amide bonds. The molecule has 0 unspecified atom stereocenters. The van der Waals surface area contributed by atoms with Crippen LogP contribution in [0.1, 0.15) is 63.7 Å². The molecule has 0 atom stereocenters. The Labute approximate surface area is 209 Å². The molecule has 0 saturated carbocycles. The number of primary amides is 1. The van der Waals surface area contributed by atoms with Crippen LogP contribution in [0.15, 0.2) is 48.7 Å². The molecule has 1 aliphatic heterocycles. The summed E-state index contributed by atoms with van der Waals surface area (Å²) in [6.45, 7) is 3.93. The van der Waals surface area contributed by atoms with Gasteiger partial charge in [-0.2, -0.15) is 13.2 Å². The standard InChI is InChI=1S/C28H31F3N4O/c1-18-2-5-23(16-26(32)36)22(14-18)8-9-25-24(28(29,30)31)17-34-27(35-25)15-19-3-6-20(7-4-19)21-10-12-33-13-11-21/h2-7,14,17,21,33H,8-13,15-16H2,1H3,(H2,32,36). The Morgan fingerprint density at radius 2 is 1.78 bits per heavy atom. The third kappa shape index (κ3) is 6.69. The first kappa shape index (κ1) is 25.8. The summed E-state index contributed by atoms with van der Waals surface area (Å²) in [4.78, 5) is 19.8. The highest BCUT2D eigenvalue weighted by Crippen LogP contribution is 2.32. The van der Waals surface area contributed by atoms with E-state index in [0.29, 0.717) is 24.6 Å². The van der Waals surface area contributed by atoms with Crippen molar-refractivity contribution in [3.63, 3.8) is 0 Å². The Kier molecular flexibility index (Phi) is 8.04. The molecule has 3 N–H and O–H groups in total. The lowest BCUT2D eigenvalue weighted by Gasteiger charge is -2.23. The maximum absolute atomic E-state index is 13.7. The van der Waals surface area contributed by atoms with E-state index in [2.05, 4.69) is 27.4 Å². The second-order valence-electron chi connectivity index (χ2n) is 9.50. The average molecular weight is 497 g/mol. The van der Waals surface area contributed by atoms with Gasteiger partial charge in [-0.15, -0.1) is 0 Å². The number of benzene rings is 2. The lowest BCUT2D eigenvalue weighted by molar-refractivity contribution is -0.138. The van der Waals surface area contributed by atoms with Crippen LogP contribution in [0.4, 0.5) is 13.2 Å². The number of rotatable bonds is 8. The number of carbonyl (C=O) groups is 1. The second-order valence-corrected chi connectivity index (χ2v) is 9.50. The van der Waals surface area contributed by atoms with E-state index in [9.17, 15) is 18.0 Å². The van der Waals surface area contributed by atoms with Gasteiger partial charge < -0.3 is 11.1 Å². The molecule has 3 aromatic rings. The van der Waals surface area contributed by atoms with Crippen molar-refractivity contribution < 1.29 is 18.0 Å². The molecule has 5 nitrogen and oxygen atoms in total. The van der Waals surface area contributed by atoms with E-state index in [0.717, 1.165) is 54.4 Å². The predicted octanol–water partition coefficient (Wildman–Crippen LogP) is 4.67. The molecule has 1 aromatic heterocycles. The number of nitrogens with one attached hydrogen (secondary N) is 1. The third-order valence-corrected chi connectivity index (χ3v) is 6.73. The fourth-order valence-corrected chi connectivity index (χ4v) is 4.82. The number of aryl methyl sites for hydroxylation is 3. The van der Waals surface area contributed by atoms with E-state index >= 15 is 0 Å². The first-order valence-electron chi connectivity index (χ1n) is 12.3. The molecular weight excluding hydrogens is 465 g/mol. The smallest absolute Gasteiger partial charge is 0.369 e. The molecule has 2 heterocycles. The van der Waals surface area contributed by atoms with Crippen molar-refractivity contribution in [2.45, 2.75) is 57.5 Å². The van der Waals surface area contributed by atoms with Crippen molar-refractivity contribution in [2.75, 3.05) is 13.1 Å². The van der Waals surface area contributed by atoms with Crippen LogP contribution in [0.5, 0.6) is 0 Å². The van der Waals surface area contributed by atoms with Gasteiger partial charge in [-0.3, -0.25) is 4.79 Å². The van der Waals surface area contributed by atoms with Crippen molar-refractivity contribution in [2.24, 2.45) is 5.73 Å². The maximum atomic E-state index is 13.7. The van der Waals surface area contributed by atoms with Crippen molar-refractivity contribution in [1.29, 1.82) is 0 Å². The first-order chi connectivity index (χ1) is 17.2. The molecule has 0 bridgehead atoms. The van der Waals surface area contributed by atoms with Gasteiger partial charge in [0.15, 0.2) is 0 Å². The molecule has 190 valence electrons. The zero-order valence-corrected chi connectivity index (χ0v) is 20.4. The zero-order chi connectivity index (χ0) is 25.7. The van der Waals surface area contributed by atoms with Crippen LogP contribution >= 0.6 is 0 Å². The van der Waals surface area contributed by atoms with Crippen LogP contribution in [-0.4, -0.2) is 29.0 Å². The number of aromatic nitrogens is 2. The second kappa shape index (κ2) is 11.2. The highest BCUT2D eigenvalue weighted by molar-refractivity contribution is 5.77. The Bertz CT molecular complexity index is 1200. The minimum Gasteiger partial charge on any atom is -0.369 e. The Morgan fingerprint density at radius 1 is 1.06 bits per heavy atom. The fraction of sp³-hybridized carbons (Fsp3) is 0.393. The third-order valence-electron chi connectivity index (χ3n) is 6.73. The number of hydrogen-bond donors (Lipinski definition) is 2. The highest BCUT2D eigenvalue weighted by atomic mass is 19.4. The molecule has 8 heteroatoms. The lowest BCUT2D eigenvalue weighted by Crippen LogP contribution is -2.26. The molecule has 0 spiro atoms. The summed E-state index contributed by atoms with van der Waals surface area (Å²) in [5.74, 6) is 0.413. The molecule has 1 fully saturated rings. The number of amides is 1. The molecule has 4 rings (SSSR count). The largest absolute Gasteiger partial charge is 0.419 e. The summed E-state index contributed by atoms with van der Waals surface area (Å²) < 4.78 is 41.2. The van der Waals surface area contributed by atoms with E-state index in [4.69, 9.17) is 5.73 Å². The number of halogens is 3. The minimum atomic E-state index is -4.55. The van der Waals surface area contributed by atoms with Gasteiger partial charge in [0, 0.05) is 12.6 Å². The van der Waals surface area contributed by atoms with E-state index < -0.39 is 17.6 Å².